The fraction of sp³-hybridized carbons (Fsp3) is 0.286. The number of hydrogen-bond donors (Lipinski definition) is 1. The van der Waals surface area contributed by atoms with Crippen LogP contribution in [0.15, 0.2) is 59.5 Å². The molecule has 4 rings (SSSR count). The Morgan fingerprint density at radius 1 is 1.08 bits per heavy atom. The number of ether oxygens (including phenoxy) is 1. The van der Waals surface area contributed by atoms with Gasteiger partial charge in [0.15, 0.2) is 0 Å². The summed E-state index contributed by atoms with van der Waals surface area (Å²) < 4.78 is 46.1. The molecule has 0 aliphatic carbocycles. The van der Waals surface area contributed by atoms with Crippen LogP contribution in [0.5, 0.6) is 5.75 Å². The molecule has 5 nitrogen and oxygen atoms in total. The minimum absolute atomic E-state index is 0.0811. The van der Waals surface area contributed by atoms with Crippen LogP contribution in [0.2, 0.25) is 0 Å². The first-order valence-electron chi connectivity index (χ1n) is 11.7. The molecule has 1 fully saturated rings. The first-order valence-corrected chi connectivity index (χ1v) is 12.5. The van der Waals surface area contributed by atoms with Crippen LogP contribution in [0.3, 0.4) is 0 Å². The summed E-state index contributed by atoms with van der Waals surface area (Å²) in [6.07, 6.45) is -4.63. The Labute approximate surface area is 216 Å². The van der Waals surface area contributed by atoms with Crippen LogP contribution in [0.25, 0.3) is 5.76 Å². The zero-order chi connectivity index (χ0) is 27.1. The molecule has 1 amide bonds. The highest BCUT2D eigenvalue weighted by Crippen LogP contribution is 2.45. The number of nitrogens with zero attached hydrogens (tertiary/aromatic N) is 1. The highest BCUT2D eigenvalue weighted by Gasteiger charge is 2.48. The van der Waals surface area contributed by atoms with Crippen molar-refractivity contribution in [2.24, 2.45) is 5.92 Å². The van der Waals surface area contributed by atoms with Crippen molar-refractivity contribution in [1.29, 1.82) is 0 Å². The standard InChI is InChI=1S/C28H26F3NO4S/c1-15(2)14-36-21-9-8-18(12-17(21)4)24(33)22-23(26-16(3)10-11-37-26)32(27(35)25(22)34)20-7-5-6-19(13-20)28(29,30)31/h5-13,15,23,33H,14H2,1-4H3/b24-22-. The van der Waals surface area contributed by atoms with Gasteiger partial charge in [-0.1, -0.05) is 19.9 Å². The predicted molar refractivity (Wildman–Crippen MR) is 137 cm³/mol. The number of benzene rings is 2. The van der Waals surface area contributed by atoms with Gasteiger partial charge in [-0.05, 0) is 78.7 Å². The van der Waals surface area contributed by atoms with Crippen LogP contribution in [-0.4, -0.2) is 23.4 Å². The van der Waals surface area contributed by atoms with Crippen LogP contribution in [0.4, 0.5) is 18.9 Å². The second kappa shape index (κ2) is 10.0. The Morgan fingerprint density at radius 2 is 1.81 bits per heavy atom. The first kappa shape index (κ1) is 26.5. The molecule has 1 aliphatic heterocycles. The van der Waals surface area contributed by atoms with Crippen molar-refractivity contribution in [3.63, 3.8) is 0 Å². The molecule has 1 saturated heterocycles. The Balaban J connectivity index is 1.86. The van der Waals surface area contributed by atoms with Gasteiger partial charge in [-0.25, -0.2) is 0 Å². The minimum Gasteiger partial charge on any atom is -0.507 e. The number of halogens is 3. The number of hydrogen-bond acceptors (Lipinski definition) is 5. The molecule has 0 saturated carbocycles. The van der Waals surface area contributed by atoms with E-state index in [1.807, 2.05) is 13.8 Å². The third-order valence-corrected chi connectivity index (χ3v) is 7.14. The van der Waals surface area contributed by atoms with Gasteiger partial charge in [-0.3, -0.25) is 14.5 Å². The maximum Gasteiger partial charge on any atom is 0.416 e. The van der Waals surface area contributed by atoms with Crippen molar-refractivity contribution < 1.29 is 32.6 Å². The third-order valence-electron chi connectivity index (χ3n) is 6.07. The molecule has 194 valence electrons. The van der Waals surface area contributed by atoms with Gasteiger partial charge in [-0.2, -0.15) is 13.2 Å². The molecular formula is C28H26F3NO4S. The van der Waals surface area contributed by atoms with Crippen molar-refractivity contribution in [2.45, 2.75) is 39.9 Å². The quantitative estimate of drug-likeness (QED) is 0.211. The number of aliphatic hydroxyl groups is 1. The monoisotopic (exact) mass is 529 g/mol. The Morgan fingerprint density at radius 3 is 2.41 bits per heavy atom. The van der Waals surface area contributed by atoms with E-state index in [0.29, 0.717) is 28.7 Å². The number of rotatable bonds is 6. The van der Waals surface area contributed by atoms with Crippen LogP contribution >= 0.6 is 11.3 Å². The molecule has 0 radical (unpaired) electrons. The molecule has 0 bridgehead atoms. The molecule has 1 N–H and O–H groups in total. The lowest BCUT2D eigenvalue weighted by atomic mass is 9.97. The Hall–Kier alpha value is -3.59. The maximum absolute atomic E-state index is 13.4. The molecule has 1 aromatic heterocycles. The van der Waals surface area contributed by atoms with E-state index < -0.39 is 35.2 Å². The summed E-state index contributed by atoms with van der Waals surface area (Å²) in [5, 5.41) is 13.1. The molecule has 37 heavy (non-hydrogen) atoms. The zero-order valence-electron chi connectivity index (χ0n) is 20.7. The fourth-order valence-corrected chi connectivity index (χ4v) is 5.24. The van der Waals surface area contributed by atoms with Crippen molar-refractivity contribution in [3.05, 3.63) is 86.6 Å². The van der Waals surface area contributed by atoms with Crippen molar-refractivity contribution in [3.8, 4) is 5.75 Å². The van der Waals surface area contributed by atoms with E-state index >= 15 is 0 Å². The van der Waals surface area contributed by atoms with E-state index in [4.69, 9.17) is 4.74 Å². The van der Waals surface area contributed by atoms with E-state index in [9.17, 15) is 27.9 Å². The van der Waals surface area contributed by atoms with Gasteiger partial charge in [0.1, 0.15) is 17.6 Å². The number of ketones is 1. The number of thiophene rings is 1. The number of anilines is 1. The molecule has 9 heteroatoms. The molecule has 2 aromatic carbocycles. The van der Waals surface area contributed by atoms with Crippen LogP contribution in [-0.2, 0) is 15.8 Å². The molecule has 2 heterocycles. The highest BCUT2D eigenvalue weighted by atomic mass is 32.1. The number of aryl methyl sites for hydroxylation is 2. The maximum atomic E-state index is 13.4. The second-order valence-corrected chi connectivity index (χ2v) is 10.3. The molecule has 3 aromatic rings. The third kappa shape index (κ3) is 5.13. The number of alkyl halides is 3. The Kier molecular flexibility index (Phi) is 7.19. The summed E-state index contributed by atoms with van der Waals surface area (Å²) in [4.78, 5) is 28.1. The summed E-state index contributed by atoms with van der Waals surface area (Å²) in [5.74, 6) is -1.43. The van der Waals surface area contributed by atoms with E-state index in [1.54, 1.807) is 43.5 Å². The molecular weight excluding hydrogens is 503 g/mol. The first-order chi connectivity index (χ1) is 17.4. The topological polar surface area (TPSA) is 66.8 Å². The smallest absolute Gasteiger partial charge is 0.416 e. The van der Waals surface area contributed by atoms with Crippen molar-refractivity contribution in [1.82, 2.24) is 0 Å². The van der Waals surface area contributed by atoms with Crippen LogP contribution in [0, 0.1) is 19.8 Å². The fourth-order valence-electron chi connectivity index (χ4n) is 4.21. The van der Waals surface area contributed by atoms with Gasteiger partial charge in [0.05, 0.1) is 17.7 Å². The lowest BCUT2D eigenvalue weighted by molar-refractivity contribution is -0.137. The SMILES string of the molecule is Cc1cc(/C(O)=C2/C(=O)C(=O)N(c3cccc(C(F)(F)F)c3)C2c2sccc2C)ccc1OCC(C)C. The highest BCUT2D eigenvalue weighted by molar-refractivity contribution is 7.10. The molecule has 1 atom stereocenters. The lowest BCUT2D eigenvalue weighted by Gasteiger charge is -2.25. The molecule has 0 spiro atoms. The van der Waals surface area contributed by atoms with Gasteiger partial charge in [0.2, 0.25) is 0 Å². The number of amides is 1. The largest absolute Gasteiger partial charge is 0.507 e. The minimum atomic E-state index is -4.63. The van der Waals surface area contributed by atoms with Crippen molar-refractivity contribution in [2.75, 3.05) is 11.5 Å². The van der Waals surface area contributed by atoms with E-state index in [-0.39, 0.29) is 11.3 Å². The summed E-state index contributed by atoms with van der Waals surface area (Å²) in [6.45, 7) is 8.13. The van der Waals surface area contributed by atoms with Gasteiger partial charge in [0.25, 0.3) is 11.7 Å². The normalized spacial score (nSPS) is 17.6. The average Bonchev–Trinajstić information content (AvgIpc) is 3.37. The predicted octanol–water partition coefficient (Wildman–Crippen LogP) is 7.04. The number of aliphatic hydroxyl groups excluding tert-OH is 1. The lowest BCUT2D eigenvalue weighted by Crippen LogP contribution is -2.29. The number of carbonyl (C=O) groups excluding carboxylic acids is 2. The van der Waals surface area contributed by atoms with Crippen LogP contribution in [0.1, 0.15) is 47.0 Å². The summed E-state index contributed by atoms with van der Waals surface area (Å²) in [7, 11) is 0. The van der Waals surface area contributed by atoms with E-state index in [1.165, 1.54) is 23.5 Å². The summed E-state index contributed by atoms with van der Waals surface area (Å²) in [5.41, 5.74) is 0.566. The Bertz CT molecular complexity index is 1390. The van der Waals surface area contributed by atoms with Gasteiger partial charge < -0.3 is 9.84 Å². The van der Waals surface area contributed by atoms with Crippen molar-refractivity contribution >= 4 is 34.5 Å². The zero-order valence-corrected chi connectivity index (χ0v) is 21.5. The van der Waals surface area contributed by atoms with Gasteiger partial charge >= 0.3 is 6.18 Å². The number of Topliss-reactive ketones (excluding diaryl/α,β-unsaturated/α-hetero) is 1. The summed E-state index contributed by atoms with van der Waals surface area (Å²) in [6, 6.07) is 9.91. The number of carbonyl (C=O) groups is 2. The summed E-state index contributed by atoms with van der Waals surface area (Å²) >= 11 is 1.26. The van der Waals surface area contributed by atoms with Gasteiger partial charge in [0, 0.05) is 16.1 Å². The van der Waals surface area contributed by atoms with E-state index in [0.717, 1.165) is 28.2 Å². The molecule has 1 unspecified atom stereocenters. The average molecular weight is 530 g/mol. The van der Waals surface area contributed by atoms with E-state index in [2.05, 4.69) is 0 Å². The van der Waals surface area contributed by atoms with Gasteiger partial charge in [-0.15, -0.1) is 11.3 Å². The second-order valence-electron chi connectivity index (χ2n) is 9.37. The molecule has 1 aliphatic rings. The van der Waals surface area contributed by atoms with Crippen LogP contribution < -0.4 is 9.64 Å².